The highest BCUT2D eigenvalue weighted by Gasteiger charge is 2.24. The van der Waals surface area contributed by atoms with E-state index >= 15 is 0 Å². The minimum Gasteiger partial charge on any atom is -0.493 e. The fourth-order valence-electron chi connectivity index (χ4n) is 4.95. The Morgan fingerprint density at radius 2 is 1.46 bits per heavy atom. The van der Waals surface area contributed by atoms with Crippen molar-refractivity contribution in [3.05, 3.63) is 53.1 Å². The Balaban J connectivity index is 1.32. The lowest BCUT2D eigenvalue weighted by Gasteiger charge is -2.27. The number of benzene rings is 1. The predicted octanol–water partition coefficient (Wildman–Crippen LogP) is 7.65. The predicted molar refractivity (Wildman–Crippen MR) is 139 cm³/mol. The Kier molecular flexibility index (Phi) is 11.6. The van der Waals surface area contributed by atoms with E-state index in [2.05, 4.69) is 13.0 Å². The Bertz CT molecular complexity index is 965. The van der Waals surface area contributed by atoms with Crippen molar-refractivity contribution in [1.82, 2.24) is 9.97 Å². The van der Waals surface area contributed by atoms with Crippen LogP contribution in [0.2, 0.25) is 0 Å². The van der Waals surface area contributed by atoms with E-state index in [0.717, 1.165) is 37.9 Å². The van der Waals surface area contributed by atoms with Crippen LogP contribution in [0.1, 0.15) is 119 Å². The van der Waals surface area contributed by atoms with Gasteiger partial charge < -0.3 is 4.74 Å². The first-order valence-electron chi connectivity index (χ1n) is 13.6. The molecule has 1 aliphatic rings. The standard InChI is InChI=1S/C30H40N4O/c1-2-3-4-5-6-7-8-9-10-11-25-21-33-30(34-22-25)26-14-12-24(13-15-26)23-35-29-17-16-27(19-31)28(18-29)20-32/h16-18,21-22,24,26H,2-15,23H2,1H3. The number of aromatic nitrogens is 2. The second-order valence-corrected chi connectivity index (χ2v) is 9.99. The highest BCUT2D eigenvalue weighted by molar-refractivity contribution is 5.49. The van der Waals surface area contributed by atoms with Gasteiger partial charge in [-0.1, -0.05) is 58.3 Å². The summed E-state index contributed by atoms with van der Waals surface area (Å²) in [5.74, 6) is 2.59. The van der Waals surface area contributed by atoms with E-state index in [-0.39, 0.29) is 0 Å². The lowest BCUT2D eigenvalue weighted by Crippen LogP contribution is -2.20. The number of ether oxygens (including phenoxy) is 1. The Morgan fingerprint density at radius 3 is 2.09 bits per heavy atom. The van der Waals surface area contributed by atoms with E-state index in [1.54, 1.807) is 18.2 Å². The van der Waals surface area contributed by atoms with Crippen molar-refractivity contribution in [3.63, 3.8) is 0 Å². The largest absolute Gasteiger partial charge is 0.493 e. The fourth-order valence-corrected chi connectivity index (χ4v) is 4.95. The Hall–Kier alpha value is -2.92. The quantitative estimate of drug-likeness (QED) is 0.264. The molecule has 0 saturated heterocycles. The first-order valence-corrected chi connectivity index (χ1v) is 13.6. The summed E-state index contributed by atoms with van der Waals surface area (Å²) >= 11 is 0. The summed E-state index contributed by atoms with van der Waals surface area (Å²) in [5, 5.41) is 18.2. The molecule has 0 N–H and O–H groups in total. The van der Waals surface area contributed by atoms with E-state index in [0.29, 0.717) is 35.3 Å². The minimum atomic E-state index is 0.368. The van der Waals surface area contributed by atoms with Crippen molar-refractivity contribution in [2.75, 3.05) is 6.61 Å². The molecule has 0 bridgehead atoms. The van der Waals surface area contributed by atoms with Crippen LogP contribution in [0, 0.1) is 28.6 Å². The zero-order valence-electron chi connectivity index (χ0n) is 21.3. The first-order chi connectivity index (χ1) is 17.2. The van der Waals surface area contributed by atoms with E-state index in [1.807, 2.05) is 18.5 Å². The van der Waals surface area contributed by atoms with Crippen molar-refractivity contribution >= 4 is 0 Å². The number of nitrogens with zero attached hydrogens (tertiary/aromatic N) is 4. The lowest BCUT2D eigenvalue weighted by atomic mass is 9.82. The molecule has 1 fully saturated rings. The fraction of sp³-hybridized carbons (Fsp3) is 0.600. The van der Waals surface area contributed by atoms with Crippen LogP contribution in [-0.4, -0.2) is 16.6 Å². The van der Waals surface area contributed by atoms with Crippen LogP contribution in [0.4, 0.5) is 0 Å². The van der Waals surface area contributed by atoms with Gasteiger partial charge in [-0.15, -0.1) is 0 Å². The average Bonchev–Trinajstić information content (AvgIpc) is 2.91. The SMILES string of the molecule is CCCCCCCCCCCc1cnc(C2CCC(COc3ccc(C#N)c(C#N)c3)CC2)nc1. The van der Waals surface area contributed by atoms with Gasteiger partial charge in [0.05, 0.1) is 17.7 Å². The third kappa shape index (κ3) is 8.99. The molecule has 2 aromatic rings. The summed E-state index contributed by atoms with van der Waals surface area (Å²) in [7, 11) is 0. The molecular weight excluding hydrogens is 432 g/mol. The first kappa shape index (κ1) is 26.7. The highest BCUT2D eigenvalue weighted by Crippen LogP contribution is 2.34. The molecule has 5 heteroatoms. The van der Waals surface area contributed by atoms with Crippen LogP contribution in [0.3, 0.4) is 0 Å². The van der Waals surface area contributed by atoms with Crippen molar-refractivity contribution < 1.29 is 4.74 Å². The summed E-state index contributed by atoms with van der Waals surface area (Å²) in [6.45, 7) is 2.91. The van der Waals surface area contributed by atoms with Gasteiger partial charge in [-0.3, -0.25) is 0 Å². The summed E-state index contributed by atoms with van der Waals surface area (Å²) in [4.78, 5) is 9.43. The molecule has 3 rings (SSSR count). The third-order valence-corrected chi connectivity index (χ3v) is 7.22. The van der Waals surface area contributed by atoms with E-state index in [4.69, 9.17) is 20.0 Å². The average molecular weight is 473 g/mol. The molecule has 5 nitrogen and oxygen atoms in total. The van der Waals surface area contributed by atoms with Crippen molar-refractivity contribution in [2.24, 2.45) is 5.92 Å². The number of nitriles is 2. The van der Waals surface area contributed by atoms with Crippen LogP contribution in [0.5, 0.6) is 5.75 Å². The van der Waals surface area contributed by atoms with Crippen molar-refractivity contribution in [1.29, 1.82) is 10.5 Å². The maximum Gasteiger partial charge on any atom is 0.131 e. The van der Waals surface area contributed by atoms with Crippen molar-refractivity contribution in [3.8, 4) is 17.9 Å². The summed E-state index contributed by atoms with van der Waals surface area (Å²) < 4.78 is 5.94. The smallest absolute Gasteiger partial charge is 0.131 e. The van der Waals surface area contributed by atoms with Gasteiger partial charge in [0.2, 0.25) is 0 Å². The van der Waals surface area contributed by atoms with Crippen LogP contribution < -0.4 is 4.74 Å². The maximum atomic E-state index is 9.18. The molecule has 35 heavy (non-hydrogen) atoms. The second kappa shape index (κ2) is 15.2. The lowest BCUT2D eigenvalue weighted by molar-refractivity contribution is 0.198. The Morgan fingerprint density at radius 1 is 0.829 bits per heavy atom. The molecule has 1 aliphatic carbocycles. The summed E-state index contributed by atoms with van der Waals surface area (Å²) in [6, 6.07) is 9.19. The van der Waals surface area contributed by atoms with Crippen LogP contribution >= 0.6 is 0 Å². The molecule has 1 aromatic heterocycles. The molecule has 0 atom stereocenters. The molecule has 0 radical (unpaired) electrons. The molecular formula is C30H40N4O. The summed E-state index contributed by atoms with van der Waals surface area (Å²) in [6.07, 6.45) is 21.7. The van der Waals surface area contributed by atoms with Gasteiger partial charge in [0.1, 0.15) is 23.7 Å². The number of unbranched alkanes of at least 4 members (excludes halogenated alkanes) is 8. The van der Waals surface area contributed by atoms with Gasteiger partial charge in [-0.25, -0.2) is 9.97 Å². The van der Waals surface area contributed by atoms with Gasteiger partial charge in [-0.05, 0) is 68.2 Å². The topological polar surface area (TPSA) is 82.6 Å². The van der Waals surface area contributed by atoms with Gasteiger partial charge in [-0.2, -0.15) is 10.5 Å². The number of rotatable bonds is 14. The molecule has 1 heterocycles. The van der Waals surface area contributed by atoms with E-state index < -0.39 is 0 Å². The maximum absolute atomic E-state index is 9.18. The Labute approximate surface area is 211 Å². The van der Waals surface area contributed by atoms with Gasteiger partial charge in [0.25, 0.3) is 0 Å². The number of aryl methyl sites for hydroxylation is 1. The molecule has 1 aromatic carbocycles. The van der Waals surface area contributed by atoms with E-state index in [1.165, 1.54) is 63.4 Å². The van der Waals surface area contributed by atoms with Gasteiger partial charge in [0.15, 0.2) is 0 Å². The zero-order valence-corrected chi connectivity index (χ0v) is 21.3. The molecule has 0 unspecified atom stereocenters. The molecule has 0 aliphatic heterocycles. The number of hydrogen-bond acceptors (Lipinski definition) is 5. The van der Waals surface area contributed by atoms with E-state index in [9.17, 15) is 5.26 Å². The molecule has 186 valence electrons. The van der Waals surface area contributed by atoms with Gasteiger partial charge in [0, 0.05) is 18.3 Å². The second-order valence-electron chi connectivity index (χ2n) is 9.99. The number of hydrogen-bond donors (Lipinski definition) is 0. The van der Waals surface area contributed by atoms with Crippen LogP contribution in [0.25, 0.3) is 0 Å². The normalized spacial score (nSPS) is 17.5. The van der Waals surface area contributed by atoms with Crippen molar-refractivity contribution in [2.45, 2.75) is 103 Å². The zero-order chi connectivity index (χ0) is 24.7. The van der Waals surface area contributed by atoms with Crippen LogP contribution in [-0.2, 0) is 6.42 Å². The third-order valence-electron chi connectivity index (χ3n) is 7.22. The molecule has 0 spiro atoms. The molecule has 1 saturated carbocycles. The molecule has 0 amide bonds. The monoisotopic (exact) mass is 472 g/mol. The van der Waals surface area contributed by atoms with Crippen LogP contribution in [0.15, 0.2) is 30.6 Å². The minimum absolute atomic E-state index is 0.368. The van der Waals surface area contributed by atoms with Gasteiger partial charge >= 0.3 is 0 Å². The summed E-state index contributed by atoms with van der Waals surface area (Å²) in [5.41, 5.74) is 2.02. The highest BCUT2D eigenvalue weighted by atomic mass is 16.5.